The molecule has 3 N–H and O–H groups in total. The Labute approximate surface area is 116 Å². The van der Waals surface area contributed by atoms with Gasteiger partial charge in [-0.1, -0.05) is 0 Å². The first-order valence-corrected chi connectivity index (χ1v) is 7.85. The van der Waals surface area contributed by atoms with Gasteiger partial charge in [0, 0.05) is 36.8 Å². The van der Waals surface area contributed by atoms with Crippen molar-refractivity contribution in [3.05, 3.63) is 30.0 Å². The highest BCUT2D eigenvalue weighted by molar-refractivity contribution is 7.90. The van der Waals surface area contributed by atoms with E-state index in [9.17, 15) is 13.2 Å². The number of benzene rings is 1. The number of carboxylic acid groups (broad SMARTS) is 1. The van der Waals surface area contributed by atoms with Crippen molar-refractivity contribution < 1.29 is 18.3 Å². The molecule has 2 aromatic rings. The topological polar surface area (TPSA) is 102 Å². The van der Waals surface area contributed by atoms with Gasteiger partial charge in [0.25, 0.3) is 0 Å². The molecule has 0 aliphatic rings. The first kappa shape index (κ1) is 14.5. The second-order valence-corrected chi connectivity index (χ2v) is 6.88. The lowest BCUT2D eigenvalue weighted by molar-refractivity contribution is -0.138. The Bertz CT molecular complexity index is 777. The maximum absolute atomic E-state index is 11.6. The van der Waals surface area contributed by atoms with Gasteiger partial charge in [-0.25, -0.2) is 8.42 Å². The molecule has 1 unspecified atom stereocenters. The lowest BCUT2D eigenvalue weighted by atomic mass is 10.1. The van der Waals surface area contributed by atoms with Crippen LogP contribution in [0, 0.1) is 0 Å². The number of aryl methyl sites for hydroxylation is 1. The van der Waals surface area contributed by atoms with Crippen LogP contribution in [0.4, 0.5) is 0 Å². The summed E-state index contributed by atoms with van der Waals surface area (Å²) >= 11 is 0. The highest BCUT2D eigenvalue weighted by atomic mass is 32.2. The maximum Gasteiger partial charge on any atom is 0.320 e. The maximum atomic E-state index is 11.6. The van der Waals surface area contributed by atoms with E-state index in [1.165, 1.54) is 0 Å². The third kappa shape index (κ3) is 2.68. The molecule has 1 aromatic heterocycles. The fourth-order valence-corrected chi connectivity index (χ4v) is 2.82. The molecule has 1 atom stereocenters. The normalized spacial score (nSPS) is 13.6. The standard InChI is InChI=1S/C13H16N2O4S/c1-15-7-8(5-11(14)13(16)17)10-6-9(20(2,18)19)3-4-12(10)15/h3-4,6-7,11H,5,14H2,1-2H3,(H,16,17). The Morgan fingerprint density at radius 1 is 1.45 bits per heavy atom. The van der Waals surface area contributed by atoms with Crippen LogP contribution in [0.3, 0.4) is 0 Å². The number of hydrogen-bond donors (Lipinski definition) is 2. The van der Waals surface area contributed by atoms with Gasteiger partial charge in [-0.05, 0) is 23.8 Å². The van der Waals surface area contributed by atoms with Crippen molar-refractivity contribution in [1.82, 2.24) is 4.57 Å². The number of carboxylic acids is 1. The average molecular weight is 296 g/mol. The predicted octanol–water partition coefficient (Wildman–Crippen LogP) is 0.536. The number of fused-ring (bicyclic) bond motifs is 1. The monoisotopic (exact) mass is 296 g/mol. The Kier molecular flexibility index (Phi) is 3.58. The average Bonchev–Trinajstić information content (AvgIpc) is 2.65. The van der Waals surface area contributed by atoms with E-state index >= 15 is 0 Å². The van der Waals surface area contributed by atoms with Crippen molar-refractivity contribution >= 4 is 26.7 Å². The highest BCUT2D eigenvalue weighted by Crippen LogP contribution is 2.25. The number of aromatic nitrogens is 1. The number of hydrogen-bond acceptors (Lipinski definition) is 4. The molecule has 108 valence electrons. The zero-order valence-corrected chi connectivity index (χ0v) is 12.0. The summed E-state index contributed by atoms with van der Waals surface area (Å²) in [4.78, 5) is 11.1. The van der Waals surface area contributed by atoms with E-state index in [0.29, 0.717) is 5.39 Å². The summed E-state index contributed by atoms with van der Waals surface area (Å²) in [5, 5.41) is 9.59. The van der Waals surface area contributed by atoms with E-state index in [1.54, 1.807) is 24.4 Å². The molecule has 0 radical (unpaired) electrons. The Morgan fingerprint density at radius 3 is 2.65 bits per heavy atom. The fourth-order valence-electron chi connectivity index (χ4n) is 2.17. The molecule has 2 rings (SSSR count). The van der Waals surface area contributed by atoms with Gasteiger partial charge in [-0.15, -0.1) is 0 Å². The van der Waals surface area contributed by atoms with E-state index in [1.807, 2.05) is 11.6 Å². The molecular formula is C13H16N2O4S. The molecule has 0 aliphatic heterocycles. The summed E-state index contributed by atoms with van der Waals surface area (Å²) in [6, 6.07) is 3.80. The van der Waals surface area contributed by atoms with Crippen LogP contribution in [-0.4, -0.2) is 36.4 Å². The van der Waals surface area contributed by atoms with Gasteiger partial charge in [0.1, 0.15) is 6.04 Å². The van der Waals surface area contributed by atoms with Gasteiger partial charge in [0.15, 0.2) is 9.84 Å². The number of nitrogens with two attached hydrogens (primary N) is 1. The van der Waals surface area contributed by atoms with Crippen molar-refractivity contribution in [2.75, 3.05) is 6.26 Å². The van der Waals surface area contributed by atoms with Crippen LogP contribution < -0.4 is 5.73 Å². The number of aliphatic carboxylic acids is 1. The second kappa shape index (κ2) is 4.92. The summed E-state index contributed by atoms with van der Waals surface area (Å²) in [7, 11) is -1.49. The SMILES string of the molecule is Cn1cc(CC(N)C(=O)O)c2cc(S(C)(=O)=O)ccc21. The molecule has 0 aliphatic carbocycles. The zero-order valence-electron chi connectivity index (χ0n) is 11.2. The molecule has 0 fully saturated rings. The summed E-state index contributed by atoms with van der Waals surface area (Å²) in [5.41, 5.74) is 7.11. The van der Waals surface area contributed by atoms with Crippen LogP contribution >= 0.6 is 0 Å². The van der Waals surface area contributed by atoms with Crippen molar-refractivity contribution in [3.8, 4) is 0 Å². The van der Waals surface area contributed by atoms with Crippen LogP contribution in [0.25, 0.3) is 10.9 Å². The predicted molar refractivity (Wildman–Crippen MR) is 75.3 cm³/mol. The Morgan fingerprint density at radius 2 is 2.10 bits per heavy atom. The summed E-state index contributed by atoms with van der Waals surface area (Å²) in [6.07, 6.45) is 3.07. The van der Waals surface area contributed by atoms with Crippen molar-refractivity contribution in [1.29, 1.82) is 0 Å². The van der Waals surface area contributed by atoms with E-state index in [4.69, 9.17) is 10.8 Å². The third-order valence-electron chi connectivity index (χ3n) is 3.23. The number of carbonyl (C=O) groups is 1. The van der Waals surface area contributed by atoms with Crippen LogP contribution in [0.1, 0.15) is 5.56 Å². The van der Waals surface area contributed by atoms with E-state index in [2.05, 4.69) is 0 Å². The van der Waals surface area contributed by atoms with E-state index in [0.717, 1.165) is 17.3 Å². The van der Waals surface area contributed by atoms with Gasteiger partial charge in [-0.3, -0.25) is 4.79 Å². The molecule has 1 heterocycles. The Hall–Kier alpha value is -1.86. The van der Waals surface area contributed by atoms with Gasteiger partial charge >= 0.3 is 5.97 Å². The number of nitrogens with zero attached hydrogens (tertiary/aromatic N) is 1. The quantitative estimate of drug-likeness (QED) is 0.857. The lowest BCUT2D eigenvalue weighted by Crippen LogP contribution is -2.32. The molecular weight excluding hydrogens is 280 g/mol. The van der Waals surface area contributed by atoms with Gasteiger partial charge in [0.2, 0.25) is 0 Å². The zero-order chi connectivity index (χ0) is 15.1. The molecule has 0 bridgehead atoms. The van der Waals surface area contributed by atoms with Crippen LogP contribution in [0.5, 0.6) is 0 Å². The van der Waals surface area contributed by atoms with Crippen LogP contribution in [0.15, 0.2) is 29.3 Å². The molecule has 0 saturated carbocycles. The molecule has 1 aromatic carbocycles. The molecule has 0 spiro atoms. The molecule has 0 amide bonds. The largest absolute Gasteiger partial charge is 0.480 e. The second-order valence-electron chi connectivity index (χ2n) is 4.87. The number of rotatable bonds is 4. The molecule has 0 saturated heterocycles. The summed E-state index contributed by atoms with van der Waals surface area (Å²) in [5.74, 6) is -1.08. The summed E-state index contributed by atoms with van der Waals surface area (Å²) < 4.78 is 25.0. The van der Waals surface area contributed by atoms with Crippen molar-refractivity contribution in [2.24, 2.45) is 12.8 Å². The summed E-state index contributed by atoms with van der Waals surface area (Å²) in [6.45, 7) is 0. The van der Waals surface area contributed by atoms with E-state index in [-0.39, 0.29) is 11.3 Å². The highest BCUT2D eigenvalue weighted by Gasteiger charge is 2.17. The van der Waals surface area contributed by atoms with Crippen molar-refractivity contribution in [2.45, 2.75) is 17.4 Å². The van der Waals surface area contributed by atoms with Crippen LogP contribution in [-0.2, 0) is 28.1 Å². The smallest absolute Gasteiger partial charge is 0.320 e. The molecule has 20 heavy (non-hydrogen) atoms. The lowest BCUT2D eigenvalue weighted by Gasteiger charge is -2.05. The first-order valence-electron chi connectivity index (χ1n) is 5.96. The van der Waals surface area contributed by atoms with Gasteiger partial charge in [0.05, 0.1) is 4.90 Å². The molecule has 6 nitrogen and oxygen atoms in total. The minimum Gasteiger partial charge on any atom is -0.480 e. The minimum absolute atomic E-state index is 0.153. The van der Waals surface area contributed by atoms with Crippen LogP contribution in [0.2, 0.25) is 0 Å². The molecule has 7 heteroatoms. The van der Waals surface area contributed by atoms with Gasteiger partial charge < -0.3 is 15.4 Å². The first-order chi connectivity index (χ1) is 9.20. The van der Waals surface area contributed by atoms with Crippen molar-refractivity contribution in [3.63, 3.8) is 0 Å². The van der Waals surface area contributed by atoms with E-state index < -0.39 is 21.8 Å². The fraction of sp³-hybridized carbons (Fsp3) is 0.308. The number of sulfone groups is 1. The Balaban J connectivity index is 2.58. The minimum atomic E-state index is -3.30. The van der Waals surface area contributed by atoms with Gasteiger partial charge in [-0.2, -0.15) is 0 Å². The third-order valence-corrected chi connectivity index (χ3v) is 4.34.